The van der Waals surface area contributed by atoms with Gasteiger partial charge in [-0.15, -0.1) is 0 Å². The normalized spacial score (nSPS) is 13.9. The molecule has 1 nitrogen and oxygen atoms in total. The van der Waals surface area contributed by atoms with Crippen molar-refractivity contribution in [1.29, 1.82) is 0 Å². The van der Waals surface area contributed by atoms with Crippen LogP contribution >= 0.6 is 0 Å². The van der Waals surface area contributed by atoms with Crippen molar-refractivity contribution in [3.63, 3.8) is 0 Å². The van der Waals surface area contributed by atoms with Gasteiger partial charge in [0.05, 0.1) is 7.11 Å². The van der Waals surface area contributed by atoms with Crippen LogP contribution in [0.1, 0.15) is 25.0 Å². The summed E-state index contributed by atoms with van der Waals surface area (Å²) in [5, 5.41) is 5.20. The number of fused-ring (bicyclic) bond motifs is 6. The summed E-state index contributed by atoms with van der Waals surface area (Å²) in [6.07, 6.45) is 0. The van der Waals surface area contributed by atoms with Gasteiger partial charge < -0.3 is 4.74 Å². The van der Waals surface area contributed by atoms with Crippen molar-refractivity contribution >= 4 is 21.5 Å². The summed E-state index contributed by atoms with van der Waals surface area (Å²) in [4.78, 5) is 0. The monoisotopic (exact) mass is 400 g/mol. The molecular weight excluding hydrogens is 376 g/mol. The molecule has 6 rings (SSSR count). The van der Waals surface area contributed by atoms with Crippen LogP contribution in [0.4, 0.5) is 0 Å². The maximum absolute atomic E-state index is 5.51. The number of ether oxygens (including phenoxy) is 1. The van der Waals surface area contributed by atoms with E-state index < -0.39 is 0 Å². The maximum atomic E-state index is 5.51. The van der Waals surface area contributed by atoms with Gasteiger partial charge in [-0.3, -0.25) is 0 Å². The van der Waals surface area contributed by atoms with Crippen LogP contribution in [0.15, 0.2) is 91.0 Å². The second-order valence-corrected chi connectivity index (χ2v) is 8.99. The quantitative estimate of drug-likeness (QED) is 0.273. The molecule has 0 N–H and O–H groups in total. The Hall–Kier alpha value is -3.58. The minimum absolute atomic E-state index is 0.0676. The van der Waals surface area contributed by atoms with Crippen LogP contribution in [0.3, 0.4) is 0 Å². The molecule has 0 spiro atoms. The lowest BCUT2D eigenvalue weighted by Gasteiger charge is -2.22. The zero-order valence-corrected chi connectivity index (χ0v) is 18.1. The second-order valence-electron chi connectivity index (χ2n) is 8.99. The molecule has 0 aliphatic heterocycles. The molecule has 0 saturated carbocycles. The zero-order valence-electron chi connectivity index (χ0n) is 18.1. The van der Waals surface area contributed by atoms with E-state index in [0.29, 0.717) is 0 Å². The van der Waals surface area contributed by atoms with Crippen LogP contribution in [0.2, 0.25) is 0 Å². The number of benzene rings is 5. The minimum Gasteiger partial charge on any atom is -0.497 e. The minimum atomic E-state index is -0.0676. The van der Waals surface area contributed by atoms with Crippen molar-refractivity contribution in [1.82, 2.24) is 0 Å². The molecule has 5 aromatic carbocycles. The SMILES string of the molecule is COc1ccc2c(c1)C(C)(C)c1cc(-c3cc4ccccc4c4ccccc34)ccc1-2. The Kier molecular flexibility index (Phi) is 3.79. The van der Waals surface area contributed by atoms with Gasteiger partial charge in [0.1, 0.15) is 5.75 Å². The Morgan fingerprint density at radius 3 is 2.00 bits per heavy atom. The molecule has 1 aliphatic carbocycles. The van der Waals surface area contributed by atoms with E-state index in [-0.39, 0.29) is 5.41 Å². The highest BCUT2D eigenvalue weighted by Gasteiger charge is 2.36. The fraction of sp³-hybridized carbons (Fsp3) is 0.133. The first kappa shape index (κ1) is 18.2. The summed E-state index contributed by atoms with van der Waals surface area (Å²) in [7, 11) is 1.74. The molecule has 0 atom stereocenters. The fourth-order valence-electron chi connectivity index (χ4n) is 5.30. The predicted molar refractivity (Wildman–Crippen MR) is 131 cm³/mol. The smallest absolute Gasteiger partial charge is 0.119 e. The average molecular weight is 401 g/mol. The predicted octanol–water partition coefficient (Wildman–Crippen LogP) is 7.97. The maximum Gasteiger partial charge on any atom is 0.119 e. The van der Waals surface area contributed by atoms with Crippen LogP contribution in [-0.2, 0) is 5.41 Å². The highest BCUT2D eigenvalue weighted by atomic mass is 16.5. The van der Waals surface area contributed by atoms with E-state index in [1.54, 1.807) is 7.11 Å². The van der Waals surface area contributed by atoms with Gasteiger partial charge in [-0.2, -0.15) is 0 Å². The lowest BCUT2D eigenvalue weighted by atomic mass is 9.81. The van der Waals surface area contributed by atoms with Crippen molar-refractivity contribution in [2.75, 3.05) is 7.11 Å². The Morgan fingerprint density at radius 1 is 0.581 bits per heavy atom. The van der Waals surface area contributed by atoms with Gasteiger partial charge in [0.25, 0.3) is 0 Å². The van der Waals surface area contributed by atoms with E-state index in [1.165, 1.54) is 54.9 Å². The Morgan fingerprint density at radius 2 is 1.23 bits per heavy atom. The van der Waals surface area contributed by atoms with E-state index >= 15 is 0 Å². The standard InChI is InChI=1S/C30H24O/c1-30(2)28-17-20(12-14-25(28)26-15-13-21(31-3)18-29(26)30)27-16-19-8-4-5-9-22(19)23-10-6-7-11-24(23)27/h4-18H,1-3H3. The van der Waals surface area contributed by atoms with E-state index in [9.17, 15) is 0 Å². The molecule has 0 bridgehead atoms. The first-order valence-corrected chi connectivity index (χ1v) is 10.8. The molecule has 0 amide bonds. The van der Waals surface area contributed by atoms with Crippen molar-refractivity contribution in [3.05, 3.63) is 102 Å². The molecule has 0 unspecified atom stereocenters. The summed E-state index contributed by atoms with van der Waals surface area (Å²) in [6, 6.07) is 33.2. The summed E-state index contributed by atoms with van der Waals surface area (Å²) in [5.74, 6) is 0.917. The topological polar surface area (TPSA) is 9.23 Å². The lowest BCUT2D eigenvalue weighted by molar-refractivity contribution is 0.413. The van der Waals surface area contributed by atoms with Crippen molar-refractivity contribution < 1.29 is 4.74 Å². The molecule has 5 aromatic rings. The highest BCUT2D eigenvalue weighted by Crippen LogP contribution is 2.51. The molecular formula is C30H24O. The number of hydrogen-bond acceptors (Lipinski definition) is 1. The van der Waals surface area contributed by atoms with E-state index in [1.807, 2.05) is 0 Å². The molecule has 0 heterocycles. The van der Waals surface area contributed by atoms with Gasteiger partial charge in [-0.25, -0.2) is 0 Å². The van der Waals surface area contributed by atoms with Gasteiger partial charge in [0.15, 0.2) is 0 Å². The number of methoxy groups -OCH3 is 1. The molecule has 1 heteroatoms. The third-order valence-corrected chi connectivity index (χ3v) is 6.96. The van der Waals surface area contributed by atoms with Gasteiger partial charge >= 0.3 is 0 Å². The number of rotatable bonds is 2. The third-order valence-electron chi connectivity index (χ3n) is 6.96. The van der Waals surface area contributed by atoms with Gasteiger partial charge in [-0.05, 0) is 79.2 Å². The molecule has 31 heavy (non-hydrogen) atoms. The van der Waals surface area contributed by atoms with Gasteiger partial charge in [0, 0.05) is 5.41 Å². The Labute approximate surface area is 182 Å². The van der Waals surface area contributed by atoms with E-state index in [2.05, 4.69) is 105 Å². The molecule has 0 aromatic heterocycles. The highest BCUT2D eigenvalue weighted by molar-refractivity contribution is 6.13. The molecule has 0 fully saturated rings. The molecule has 0 radical (unpaired) electrons. The van der Waals surface area contributed by atoms with Crippen molar-refractivity contribution in [2.24, 2.45) is 0 Å². The van der Waals surface area contributed by atoms with Crippen LogP contribution < -0.4 is 4.74 Å². The fourth-order valence-corrected chi connectivity index (χ4v) is 5.30. The van der Waals surface area contributed by atoms with Crippen LogP contribution in [0, 0.1) is 0 Å². The van der Waals surface area contributed by atoms with Crippen molar-refractivity contribution in [3.8, 4) is 28.0 Å². The molecule has 150 valence electrons. The second kappa shape index (κ2) is 6.46. The first-order valence-electron chi connectivity index (χ1n) is 10.8. The first-order chi connectivity index (χ1) is 15.1. The molecule has 0 saturated heterocycles. The van der Waals surface area contributed by atoms with Crippen LogP contribution in [0.25, 0.3) is 43.8 Å². The van der Waals surface area contributed by atoms with Crippen LogP contribution in [0.5, 0.6) is 5.75 Å². The van der Waals surface area contributed by atoms with E-state index in [0.717, 1.165) is 5.75 Å². The zero-order chi connectivity index (χ0) is 21.2. The van der Waals surface area contributed by atoms with Gasteiger partial charge in [0.2, 0.25) is 0 Å². The average Bonchev–Trinajstić information content (AvgIpc) is 3.04. The molecule has 1 aliphatic rings. The third kappa shape index (κ3) is 2.56. The Bertz CT molecular complexity index is 1490. The number of hydrogen-bond donors (Lipinski definition) is 0. The summed E-state index contributed by atoms with van der Waals surface area (Å²) >= 11 is 0. The van der Waals surface area contributed by atoms with Crippen LogP contribution in [-0.4, -0.2) is 7.11 Å². The summed E-state index contributed by atoms with van der Waals surface area (Å²) in [6.45, 7) is 4.64. The van der Waals surface area contributed by atoms with Crippen molar-refractivity contribution in [2.45, 2.75) is 19.3 Å². The Balaban J connectivity index is 1.61. The summed E-state index contributed by atoms with van der Waals surface area (Å²) < 4.78 is 5.51. The summed E-state index contributed by atoms with van der Waals surface area (Å²) in [5.41, 5.74) is 7.86. The van der Waals surface area contributed by atoms with Gasteiger partial charge in [-0.1, -0.05) is 80.6 Å². The largest absolute Gasteiger partial charge is 0.497 e. The lowest BCUT2D eigenvalue weighted by Crippen LogP contribution is -2.15. The van der Waals surface area contributed by atoms with E-state index in [4.69, 9.17) is 4.74 Å².